The summed E-state index contributed by atoms with van der Waals surface area (Å²) >= 11 is 11.7. The highest BCUT2D eigenvalue weighted by atomic mass is 35.5. The maximum absolute atomic E-state index is 12.6. The van der Waals surface area contributed by atoms with Crippen LogP contribution < -0.4 is 4.72 Å². The molecule has 0 radical (unpaired) electrons. The Morgan fingerprint density at radius 3 is 2.00 bits per heavy atom. The molecule has 1 N–H and O–H groups in total. The van der Waals surface area contributed by atoms with Gasteiger partial charge in [0.2, 0.25) is 10.0 Å². The number of rotatable bonds is 3. The molecule has 0 aliphatic heterocycles. The molecular formula is C13H14Cl2F3NO2S. The summed E-state index contributed by atoms with van der Waals surface area (Å²) in [5.74, 6) is -1.36. The van der Waals surface area contributed by atoms with Gasteiger partial charge in [-0.1, -0.05) is 29.3 Å². The van der Waals surface area contributed by atoms with Gasteiger partial charge < -0.3 is 0 Å². The van der Waals surface area contributed by atoms with Crippen molar-refractivity contribution < 1.29 is 21.6 Å². The Balaban J connectivity index is 2.09. The summed E-state index contributed by atoms with van der Waals surface area (Å²) in [5, 5.41) is -0.0482. The first-order chi connectivity index (χ1) is 10.1. The summed E-state index contributed by atoms with van der Waals surface area (Å²) in [5.41, 5.74) is 0. The monoisotopic (exact) mass is 375 g/mol. The average molecular weight is 376 g/mol. The molecule has 3 nitrogen and oxygen atoms in total. The van der Waals surface area contributed by atoms with Crippen molar-refractivity contribution >= 4 is 33.2 Å². The van der Waals surface area contributed by atoms with Crippen LogP contribution in [0.15, 0.2) is 23.1 Å². The topological polar surface area (TPSA) is 46.2 Å². The summed E-state index contributed by atoms with van der Waals surface area (Å²) in [7, 11) is -3.97. The molecule has 0 saturated heterocycles. The van der Waals surface area contributed by atoms with Crippen molar-refractivity contribution in [3.8, 4) is 0 Å². The largest absolute Gasteiger partial charge is 0.391 e. The van der Waals surface area contributed by atoms with Crippen molar-refractivity contribution in [2.75, 3.05) is 0 Å². The highest BCUT2D eigenvalue weighted by Crippen LogP contribution is 2.38. The van der Waals surface area contributed by atoms with E-state index in [0.717, 1.165) is 0 Å². The Labute approximate surface area is 136 Å². The van der Waals surface area contributed by atoms with E-state index < -0.39 is 28.2 Å². The van der Waals surface area contributed by atoms with Gasteiger partial charge in [-0.15, -0.1) is 0 Å². The fourth-order valence-electron chi connectivity index (χ4n) is 2.56. The molecule has 0 heterocycles. The fourth-order valence-corrected chi connectivity index (χ4v) is 5.00. The number of hydrogen-bond acceptors (Lipinski definition) is 2. The average Bonchev–Trinajstić information content (AvgIpc) is 2.37. The molecule has 1 saturated carbocycles. The summed E-state index contributed by atoms with van der Waals surface area (Å²) in [4.78, 5) is -0.240. The Morgan fingerprint density at radius 1 is 1.05 bits per heavy atom. The van der Waals surface area contributed by atoms with Gasteiger partial charge in [-0.05, 0) is 37.8 Å². The minimum Gasteiger partial charge on any atom is -0.208 e. The number of nitrogens with one attached hydrogen (secondary N) is 1. The van der Waals surface area contributed by atoms with Gasteiger partial charge in [0.15, 0.2) is 0 Å². The van der Waals surface area contributed by atoms with Crippen LogP contribution in [0, 0.1) is 5.92 Å². The Morgan fingerprint density at radius 2 is 1.55 bits per heavy atom. The van der Waals surface area contributed by atoms with Crippen molar-refractivity contribution in [3.63, 3.8) is 0 Å². The first-order valence-electron chi connectivity index (χ1n) is 6.64. The van der Waals surface area contributed by atoms with Gasteiger partial charge in [0.1, 0.15) is 4.90 Å². The van der Waals surface area contributed by atoms with E-state index >= 15 is 0 Å². The number of sulfonamides is 1. The Kier molecular flexibility index (Phi) is 5.31. The number of benzene rings is 1. The van der Waals surface area contributed by atoms with Crippen LogP contribution in [0.5, 0.6) is 0 Å². The Hall–Kier alpha value is -0.500. The number of halogens is 5. The van der Waals surface area contributed by atoms with Crippen molar-refractivity contribution in [1.82, 2.24) is 4.72 Å². The lowest BCUT2D eigenvalue weighted by Crippen LogP contribution is -2.40. The highest BCUT2D eigenvalue weighted by Gasteiger charge is 2.42. The van der Waals surface area contributed by atoms with Gasteiger partial charge in [0.05, 0.1) is 16.0 Å². The van der Waals surface area contributed by atoms with Gasteiger partial charge in [0.25, 0.3) is 0 Å². The molecular weight excluding hydrogens is 362 g/mol. The van der Waals surface area contributed by atoms with Crippen LogP contribution in [-0.4, -0.2) is 20.6 Å². The second-order valence-electron chi connectivity index (χ2n) is 5.26. The molecule has 0 spiro atoms. The lowest BCUT2D eigenvalue weighted by atomic mass is 9.86. The first-order valence-corrected chi connectivity index (χ1v) is 8.88. The summed E-state index contributed by atoms with van der Waals surface area (Å²) in [6.07, 6.45) is -4.15. The van der Waals surface area contributed by atoms with E-state index in [4.69, 9.17) is 23.2 Å². The van der Waals surface area contributed by atoms with Crippen LogP contribution in [0.4, 0.5) is 13.2 Å². The lowest BCUT2D eigenvalue weighted by Gasteiger charge is -2.30. The molecule has 0 bridgehead atoms. The van der Waals surface area contributed by atoms with E-state index in [1.807, 2.05) is 0 Å². The molecule has 22 heavy (non-hydrogen) atoms. The van der Waals surface area contributed by atoms with Crippen LogP contribution in [0.2, 0.25) is 10.0 Å². The zero-order valence-corrected chi connectivity index (χ0v) is 13.7. The summed E-state index contributed by atoms with van der Waals surface area (Å²) in [6.45, 7) is 0. The first kappa shape index (κ1) is 17.8. The van der Waals surface area contributed by atoms with Crippen molar-refractivity contribution in [1.29, 1.82) is 0 Å². The molecule has 1 aromatic carbocycles. The standard InChI is InChI=1S/C13H14Cl2F3NO2S/c14-10-2-1-3-11(15)12(10)22(20,21)19-9-6-4-8(5-7-9)13(16,17)18/h1-3,8-9,19H,4-7H2. The van der Waals surface area contributed by atoms with E-state index in [9.17, 15) is 21.6 Å². The molecule has 9 heteroatoms. The van der Waals surface area contributed by atoms with Crippen LogP contribution in [0.1, 0.15) is 25.7 Å². The number of alkyl halides is 3. The molecule has 2 rings (SSSR count). The molecule has 0 atom stereocenters. The minimum atomic E-state index is -4.23. The lowest BCUT2D eigenvalue weighted by molar-refractivity contribution is -0.182. The van der Waals surface area contributed by atoms with E-state index in [1.165, 1.54) is 18.2 Å². The summed E-state index contributed by atoms with van der Waals surface area (Å²) in [6, 6.07) is 3.75. The van der Waals surface area contributed by atoms with Gasteiger partial charge in [0, 0.05) is 6.04 Å². The van der Waals surface area contributed by atoms with E-state index in [0.29, 0.717) is 0 Å². The quantitative estimate of drug-likeness (QED) is 0.851. The van der Waals surface area contributed by atoms with Gasteiger partial charge in [-0.3, -0.25) is 0 Å². The van der Waals surface area contributed by atoms with Crippen LogP contribution in [0.25, 0.3) is 0 Å². The van der Waals surface area contributed by atoms with Gasteiger partial charge in [-0.2, -0.15) is 13.2 Å². The Bertz CT molecular complexity index is 621. The second-order valence-corrected chi connectivity index (χ2v) is 7.73. The van der Waals surface area contributed by atoms with Crippen molar-refractivity contribution in [2.45, 2.75) is 42.8 Å². The van der Waals surface area contributed by atoms with Gasteiger partial charge >= 0.3 is 6.18 Å². The van der Waals surface area contributed by atoms with Crippen LogP contribution in [0.3, 0.4) is 0 Å². The molecule has 1 aliphatic carbocycles. The SMILES string of the molecule is O=S(=O)(NC1CCC(C(F)(F)F)CC1)c1c(Cl)cccc1Cl. The van der Waals surface area contributed by atoms with E-state index in [-0.39, 0.29) is 40.6 Å². The maximum Gasteiger partial charge on any atom is 0.391 e. The third kappa shape index (κ3) is 4.07. The molecule has 1 fully saturated rings. The molecule has 1 aliphatic rings. The predicted octanol–water partition coefficient (Wildman–Crippen LogP) is 4.39. The zero-order valence-electron chi connectivity index (χ0n) is 11.3. The predicted molar refractivity (Wildman–Crippen MR) is 78.6 cm³/mol. The molecule has 1 aromatic rings. The molecule has 124 valence electrons. The van der Waals surface area contributed by atoms with Crippen molar-refractivity contribution in [2.24, 2.45) is 5.92 Å². The smallest absolute Gasteiger partial charge is 0.208 e. The normalized spacial score (nSPS) is 23.5. The van der Waals surface area contributed by atoms with Crippen LogP contribution in [-0.2, 0) is 10.0 Å². The molecule has 0 aromatic heterocycles. The van der Waals surface area contributed by atoms with E-state index in [1.54, 1.807) is 0 Å². The molecule has 0 unspecified atom stereocenters. The maximum atomic E-state index is 12.6. The van der Waals surface area contributed by atoms with E-state index in [2.05, 4.69) is 4.72 Å². The third-order valence-corrected chi connectivity index (χ3v) is 6.17. The summed E-state index contributed by atoms with van der Waals surface area (Å²) < 4.78 is 64.8. The van der Waals surface area contributed by atoms with Crippen LogP contribution >= 0.6 is 23.2 Å². The minimum absolute atomic E-state index is 0.0241. The third-order valence-electron chi connectivity index (χ3n) is 3.70. The highest BCUT2D eigenvalue weighted by molar-refractivity contribution is 7.89. The second kappa shape index (κ2) is 6.55. The zero-order chi connectivity index (χ0) is 16.5. The van der Waals surface area contributed by atoms with Crippen molar-refractivity contribution in [3.05, 3.63) is 28.2 Å². The molecule has 0 amide bonds. The number of hydrogen-bond donors (Lipinski definition) is 1. The van der Waals surface area contributed by atoms with Gasteiger partial charge in [-0.25, -0.2) is 13.1 Å². The fraction of sp³-hybridized carbons (Fsp3) is 0.538.